The molecule has 2 fully saturated rings. The van der Waals surface area contributed by atoms with E-state index in [0.29, 0.717) is 31.6 Å². The first-order valence-electron chi connectivity index (χ1n) is 7.91. The summed E-state index contributed by atoms with van der Waals surface area (Å²) in [4.78, 5) is 0. The Morgan fingerprint density at radius 1 is 1.25 bits per heavy atom. The maximum atomic E-state index is 12.8. The first kappa shape index (κ1) is 16.2. The summed E-state index contributed by atoms with van der Waals surface area (Å²) < 4.78 is 29.1. The lowest BCUT2D eigenvalue weighted by Gasteiger charge is -2.36. The second-order valence-corrected chi connectivity index (χ2v) is 8.43. The number of piperidine rings is 1. The van der Waals surface area contributed by atoms with E-state index in [4.69, 9.17) is 0 Å². The third kappa shape index (κ3) is 3.72. The van der Waals surface area contributed by atoms with Crippen molar-refractivity contribution < 1.29 is 8.42 Å². The molecule has 0 spiro atoms. The van der Waals surface area contributed by atoms with Crippen molar-refractivity contribution in [3.8, 4) is 0 Å². The molecule has 0 bridgehead atoms. The van der Waals surface area contributed by atoms with E-state index in [2.05, 4.69) is 12.2 Å². The molecular weight excluding hydrogens is 274 g/mol. The Hall–Kier alpha value is -0.170. The van der Waals surface area contributed by atoms with Crippen LogP contribution in [0.25, 0.3) is 0 Å². The highest BCUT2D eigenvalue weighted by atomic mass is 32.2. The third-order valence-electron chi connectivity index (χ3n) is 4.50. The van der Waals surface area contributed by atoms with Crippen molar-refractivity contribution >= 4 is 10.2 Å². The highest BCUT2D eigenvalue weighted by Gasteiger charge is 2.35. The molecule has 1 unspecified atom stereocenters. The topological polar surface area (TPSA) is 52.7 Å². The van der Waals surface area contributed by atoms with Gasteiger partial charge in [0.15, 0.2) is 0 Å². The minimum absolute atomic E-state index is 0.0155. The quantitative estimate of drug-likeness (QED) is 0.836. The van der Waals surface area contributed by atoms with Gasteiger partial charge in [-0.15, -0.1) is 0 Å². The number of nitrogens with zero attached hydrogens (tertiary/aromatic N) is 2. The van der Waals surface area contributed by atoms with Gasteiger partial charge in [-0.2, -0.15) is 17.0 Å². The summed E-state index contributed by atoms with van der Waals surface area (Å²) >= 11 is 0. The van der Waals surface area contributed by atoms with Crippen LogP contribution in [0.1, 0.15) is 46.5 Å². The molecule has 2 saturated heterocycles. The van der Waals surface area contributed by atoms with Crippen LogP contribution in [0.3, 0.4) is 0 Å². The van der Waals surface area contributed by atoms with Gasteiger partial charge in [0, 0.05) is 31.7 Å². The summed E-state index contributed by atoms with van der Waals surface area (Å²) in [6.07, 6.45) is 4.19. The fourth-order valence-corrected chi connectivity index (χ4v) is 4.94. The molecule has 0 aromatic heterocycles. The molecule has 2 rings (SSSR count). The third-order valence-corrected chi connectivity index (χ3v) is 6.69. The van der Waals surface area contributed by atoms with E-state index in [9.17, 15) is 8.42 Å². The minimum atomic E-state index is -3.31. The molecule has 2 heterocycles. The molecule has 0 radical (unpaired) electrons. The predicted octanol–water partition coefficient (Wildman–Crippen LogP) is 1.43. The van der Waals surface area contributed by atoms with Gasteiger partial charge < -0.3 is 5.32 Å². The van der Waals surface area contributed by atoms with Gasteiger partial charge in [-0.05, 0) is 52.0 Å². The van der Waals surface area contributed by atoms with Gasteiger partial charge in [0.1, 0.15) is 0 Å². The zero-order chi connectivity index (χ0) is 14.8. The first-order chi connectivity index (χ1) is 9.41. The molecule has 0 aromatic rings. The molecule has 0 aromatic carbocycles. The SMILES string of the molecule is CC1CCN(S(=O)(=O)N(CC2CCCN2)C(C)C)CC1. The molecule has 2 aliphatic rings. The summed E-state index contributed by atoms with van der Waals surface area (Å²) in [5.74, 6) is 0.644. The lowest BCUT2D eigenvalue weighted by atomic mass is 10.0. The lowest BCUT2D eigenvalue weighted by molar-refractivity contribution is 0.245. The molecular formula is C14H29N3O2S. The molecule has 2 aliphatic heterocycles. The Kier molecular flexibility index (Phi) is 5.45. The van der Waals surface area contributed by atoms with Gasteiger partial charge in [0.05, 0.1) is 0 Å². The highest BCUT2D eigenvalue weighted by Crippen LogP contribution is 2.23. The monoisotopic (exact) mass is 303 g/mol. The number of nitrogens with one attached hydrogen (secondary N) is 1. The van der Waals surface area contributed by atoms with Gasteiger partial charge in [-0.25, -0.2) is 0 Å². The Morgan fingerprint density at radius 2 is 1.90 bits per heavy atom. The normalized spacial score (nSPS) is 26.8. The number of hydrogen-bond donors (Lipinski definition) is 1. The van der Waals surface area contributed by atoms with Crippen molar-refractivity contribution in [2.45, 2.75) is 58.5 Å². The van der Waals surface area contributed by atoms with Crippen molar-refractivity contribution in [2.24, 2.45) is 5.92 Å². The van der Waals surface area contributed by atoms with E-state index in [0.717, 1.165) is 32.2 Å². The van der Waals surface area contributed by atoms with E-state index in [1.165, 1.54) is 0 Å². The second kappa shape index (κ2) is 6.73. The van der Waals surface area contributed by atoms with Crippen molar-refractivity contribution in [2.75, 3.05) is 26.2 Å². The Labute approximate surface area is 123 Å². The molecule has 5 nitrogen and oxygen atoms in total. The fraction of sp³-hybridized carbons (Fsp3) is 1.00. The Morgan fingerprint density at radius 3 is 2.40 bits per heavy atom. The molecule has 1 atom stereocenters. The summed E-state index contributed by atoms with van der Waals surface area (Å²) in [6, 6.07) is 0.331. The van der Waals surface area contributed by atoms with Crippen molar-refractivity contribution in [1.82, 2.24) is 13.9 Å². The van der Waals surface area contributed by atoms with Crippen LogP contribution in [0.4, 0.5) is 0 Å². The highest BCUT2D eigenvalue weighted by molar-refractivity contribution is 7.86. The van der Waals surface area contributed by atoms with Crippen molar-refractivity contribution in [3.63, 3.8) is 0 Å². The van der Waals surface area contributed by atoms with Crippen LogP contribution in [0.2, 0.25) is 0 Å². The first-order valence-corrected chi connectivity index (χ1v) is 9.31. The average molecular weight is 303 g/mol. The van der Waals surface area contributed by atoms with Crippen molar-refractivity contribution in [1.29, 1.82) is 0 Å². The van der Waals surface area contributed by atoms with E-state index >= 15 is 0 Å². The van der Waals surface area contributed by atoms with Crippen LogP contribution < -0.4 is 5.32 Å². The van der Waals surface area contributed by atoms with E-state index < -0.39 is 10.2 Å². The molecule has 20 heavy (non-hydrogen) atoms. The van der Waals surface area contributed by atoms with Crippen molar-refractivity contribution in [3.05, 3.63) is 0 Å². The molecule has 1 N–H and O–H groups in total. The van der Waals surface area contributed by atoms with Crippen LogP contribution in [0.15, 0.2) is 0 Å². The van der Waals surface area contributed by atoms with E-state index in [-0.39, 0.29) is 6.04 Å². The zero-order valence-corrected chi connectivity index (χ0v) is 13.8. The van der Waals surface area contributed by atoms with Crippen LogP contribution >= 0.6 is 0 Å². The van der Waals surface area contributed by atoms with Gasteiger partial charge in [-0.3, -0.25) is 0 Å². The second-order valence-electron chi connectivity index (χ2n) is 6.55. The number of rotatable bonds is 5. The molecule has 0 amide bonds. The summed E-state index contributed by atoms with van der Waals surface area (Å²) in [5.41, 5.74) is 0. The maximum absolute atomic E-state index is 12.8. The summed E-state index contributed by atoms with van der Waals surface area (Å²) in [6.45, 7) is 9.10. The van der Waals surface area contributed by atoms with E-state index in [1.54, 1.807) is 8.61 Å². The van der Waals surface area contributed by atoms with Gasteiger partial charge in [-0.1, -0.05) is 6.92 Å². The molecule has 0 aliphatic carbocycles. The molecule has 118 valence electrons. The Bertz CT molecular complexity index is 397. The summed E-state index contributed by atoms with van der Waals surface area (Å²) in [7, 11) is -3.31. The van der Waals surface area contributed by atoms with E-state index in [1.807, 2.05) is 13.8 Å². The smallest absolute Gasteiger partial charge is 0.282 e. The fourth-order valence-electron chi connectivity index (χ4n) is 3.07. The maximum Gasteiger partial charge on any atom is 0.282 e. The van der Waals surface area contributed by atoms with Gasteiger partial charge in [0.2, 0.25) is 0 Å². The van der Waals surface area contributed by atoms with Crippen LogP contribution in [-0.2, 0) is 10.2 Å². The van der Waals surface area contributed by atoms with Crippen LogP contribution in [0.5, 0.6) is 0 Å². The minimum Gasteiger partial charge on any atom is -0.313 e. The average Bonchev–Trinajstić information content (AvgIpc) is 2.89. The van der Waals surface area contributed by atoms with Crippen LogP contribution in [0, 0.1) is 5.92 Å². The Balaban J connectivity index is 2.06. The largest absolute Gasteiger partial charge is 0.313 e. The van der Waals surface area contributed by atoms with Gasteiger partial charge >= 0.3 is 0 Å². The molecule has 0 saturated carbocycles. The number of hydrogen-bond acceptors (Lipinski definition) is 3. The van der Waals surface area contributed by atoms with Crippen LogP contribution in [-0.4, -0.2) is 55.3 Å². The predicted molar refractivity (Wildman–Crippen MR) is 81.8 cm³/mol. The standard InChI is InChI=1S/C14H29N3O2S/c1-12(2)17(11-14-5-4-8-15-14)20(18,19)16-9-6-13(3)7-10-16/h12-15H,4-11H2,1-3H3. The molecule has 6 heteroatoms. The van der Waals surface area contributed by atoms with Gasteiger partial charge in [0.25, 0.3) is 10.2 Å². The zero-order valence-electron chi connectivity index (χ0n) is 13.0. The summed E-state index contributed by atoms with van der Waals surface area (Å²) in [5, 5.41) is 3.40. The lowest BCUT2D eigenvalue weighted by Crippen LogP contribution is -2.52.